The number of halogens is 1. The lowest BCUT2D eigenvalue weighted by molar-refractivity contribution is 0.0179. The Morgan fingerprint density at radius 3 is 2.25 bits per heavy atom. The van der Waals surface area contributed by atoms with E-state index in [1.807, 2.05) is 19.1 Å². The van der Waals surface area contributed by atoms with E-state index in [0.717, 1.165) is 21.5 Å². The highest BCUT2D eigenvalue weighted by molar-refractivity contribution is 9.10. The van der Waals surface area contributed by atoms with E-state index in [0.29, 0.717) is 39.6 Å². The number of methoxy groups -OCH3 is 1. The smallest absolute Gasteiger partial charge is 0.134 e. The summed E-state index contributed by atoms with van der Waals surface area (Å²) in [7, 11) is 1.65. The average molecular weight is 348 g/mol. The van der Waals surface area contributed by atoms with Crippen LogP contribution in [0.25, 0.3) is 0 Å². The summed E-state index contributed by atoms with van der Waals surface area (Å²) in [5.41, 5.74) is 7.54. The lowest BCUT2D eigenvalue weighted by atomic mass is 10.2. The Kier molecular flexibility index (Phi) is 8.60. The molecular formula is C14H22BrNO4. The minimum absolute atomic E-state index is 0.486. The number of rotatable bonds is 10. The second kappa shape index (κ2) is 9.99. The number of ether oxygens (including phenoxy) is 4. The lowest BCUT2D eigenvalue weighted by Crippen LogP contribution is -2.12. The third-order valence-corrected chi connectivity index (χ3v) is 3.23. The number of nitrogens with two attached hydrogens (primary N) is 1. The summed E-state index contributed by atoms with van der Waals surface area (Å²) in [4.78, 5) is 0. The number of aryl methyl sites for hydroxylation is 1. The molecule has 0 amide bonds. The van der Waals surface area contributed by atoms with Gasteiger partial charge < -0.3 is 24.7 Å². The van der Waals surface area contributed by atoms with E-state index >= 15 is 0 Å². The highest BCUT2D eigenvalue weighted by atomic mass is 79.9. The normalized spacial score (nSPS) is 10.8. The molecule has 6 heteroatoms. The van der Waals surface area contributed by atoms with Crippen molar-refractivity contribution in [2.75, 3.05) is 52.5 Å². The molecule has 0 aliphatic carbocycles. The van der Waals surface area contributed by atoms with Gasteiger partial charge in [0.15, 0.2) is 0 Å². The molecule has 0 radical (unpaired) electrons. The molecule has 5 nitrogen and oxygen atoms in total. The Morgan fingerprint density at radius 1 is 1.00 bits per heavy atom. The predicted octanol–water partition coefficient (Wildman–Crippen LogP) is 2.40. The zero-order valence-corrected chi connectivity index (χ0v) is 13.6. The molecule has 0 aromatic heterocycles. The van der Waals surface area contributed by atoms with Crippen molar-refractivity contribution >= 4 is 21.6 Å². The van der Waals surface area contributed by atoms with Gasteiger partial charge in [-0.05, 0) is 40.5 Å². The molecule has 0 saturated carbocycles. The lowest BCUT2D eigenvalue weighted by Gasteiger charge is -2.11. The van der Waals surface area contributed by atoms with Crippen LogP contribution in [0.1, 0.15) is 5.56 Å². The van der Waals surface area contributed by atoms with E-state index < -0.39 is 0 Å². The zero-order chi connectivity index (χ0) is 14.8. The fraction of sp³-hybridized carbons (Fsp3) is 0.571. The molecule has 1 aromatic carbocycles. The fourth-order valence-electron chi connectivity index (χ4n) is 1.46. The Bertz CT molecular complexity index is 401. The molecule has 0 atom stereocenters. The van der Waals surface area contributed by atoms with Gasteiger partial charge in [-0.25, -0.2) is 0 Å². The molecule has 0 aliphatic heterocycles. The van der Waals surface area contributed by atoms with Crippen LogP contribution < -0.4 is 10.5 Å². The third kappa shape index (κ3) is 6.56. The van der Waals surface area contributed by atoms with Crippen LogP contribution in [0.3, 0.4) is 0 Å². The average Bonchev–Trinajstić information content (AvgIpc) is 2.42. The highest BCUT2D eigenvalue weighted by Gasteiger charge is 2.04. The number of nitrogen functional groups attached to an aromatic ring is 1. The molecule has 0 unspecified atom stereocenters. The number of hydrogen-bond acceptors (Lipinski definition) is 5. The minimum atomic E-state index is 0.486. The van der Waals surface area contributed by atoms with Crippen LogP contribution in [-0.2, 0) is 14.2 Å². The first-order chi connectivity index (χ1) is 9.65. The van der Waals surface area contributed by atoms with Crippen LogP contribution in [0.15, 0.2) is 16.6 Å². The van der Waals surface area contributed by atoms with E-state index in [2.05, 4.69) is 15.9 Å². The van der Waals surface area contributed by atoms with E-state index in [-0.39, 0.29) is 0 Å². The van der Waals surface area contributed by atoms with E-state index in [4.69, 9.17) is 24.7 Å². The van der Waals surface area contributed by atoms with Crippen LogP contribution in [0.5, 0.6) is 5.75 Å². The van der Waals surface area contributed by atoms with E-state index in [1.165, 1.54) is 0 Å². The molecule has 0 heterocycles. The van der Waals surface area contributed by atoms with Gasteiger partial charge in [-0.3, -0.25) is 0 Å². The Balaban J connectivity index is 2.11. The monoisotopic (exact) mass is 347 g/mol. The first-order valence-electron chi connectivity index (χ1n) is 6.48. The maximum absolute atomic E-state index is 5.80. The summed E-state index contributed by atoms with van der Waals surface area (Å²) in [5, 5.41) is 0. The van der Waals surface area contributed by atoms with Crippen molar-refractivity contribution in [3.8, 4) is 5.75 Å². The molecule has 0 fully saturated rings. The second-order valence-corrected chi connectivity index (χ2v) is 5.06. The first kappa shape index (κ1) is 17.2. The Morgan fingerprint density at radius 2 is 1.60 bits per heavy atom. The Labute approximate surface area is 128 Å². The van der Waals surface area contributed by atoms with E-state index in [9.17, 15) is 0 Å². The largest absolute Gasteiger partial charge is 0.490 e. The molecule has 1 aromatic rings. The summed E-state index contributed by atoms with van der Waals surface area (Å²) in [6, 6.07) is 3.75. The standard InChI is InChI=1S/C14H22BrNO4/c1-11-9-14(12(15)10-13(11)16)20-8-7-19-6-5-18-4-3-17-2/h9-10H,3-8,16H2,1-2H3. The van der Waals surface area contributed by atoms with Gasteiger partial charge in [-0.1, -0.05) is 0 Å². The molecule has 0 bridgehead atoms. The van der Waals surface area contributed by atoms with Crippen LogP contribution in [0.2, 0.25) is 0 Å². The summed E-state index contributed by atoms with van der Waals surface area (Å²) in [6.45, 7) is 5.26. The summed E-state index contributed by atoms with van der Waals surface area (Å²) < 4.78 is 22.0. The molecule has 0 aliphatic rings. The molecular weight excluding hydrogens is 326 g/mol. The Hall–Kier alpha value is -0.820. The van der Waals surface area contributed by atoms with Crippen molar-refractivity contribution in [1.29, 1.82) is 0 Å². The van der Waals surface area contributed by atoms with Crippen molar-refractivity contribution in [3.63, 3.8) is 0 Å². The van der Waals surface area contributed by atoms with Crippen LogP contribution >= 0.6 is 15.9 Å². The van der Waals surface area contributed by atoms with Gasteiger partial charge in [0, 0.05) is 12.8 Å². The summed E-state index contributed by atoms with van der Waals surface area (Å²) >= 11 is 3.42. The highest BCUT2D eigenvalue weighted by Crippen LogP contribution is 2.29. The molecule has 2 N–H and O–H groups in total. The quantitative estimate of drug-likeness (QED) is 0.520. The van der Waals surface area contributed by atoms with Gasteiger partial charge in [-0.2, -0.15) is 0 Å². The molecule has 0 spiro atoms. The van der Waals surface area contributed by atoms with Crippen LogP contribution in [-0.4, -0.2) is 46.8 Å². The first-order valence-corrected chi connectivity index (χ1v) is 7.27. The minimum Gasteiger partial charge on any atom is -0.490 e. The summed E-state index contributed by atoms with van der Waals surface area (Å²) in [5.74, 6) is 0.775. The second-order valence-electron chi connectivity index (χ2n) is 4.21. The van der Waals surface area contributed by atoms with Crippen LogP contribution in [0.4, 0.5) is 5.69 Å². The van der Waals surface area contributed by atoms with Gasteiger partial charge in [0.2, 0.25) is 0 Å². The topological polar surface area (TPSA) is 62.9 Å². The van der Waals surface area contributed by atoms with Crippen molar-refractivity contribution < 1.29 is 18.9 Å². The number of hydrogen-bond donors (Lipinski definition) is 1. The molecule has 114 valence electrons. The van der Waals surface area contributed by atoms with Crippen molar-refractivity contribution in [3.05, 3.63) is 22.2 Å². The molecule has 0 saturated heterocycles. The van der Waals surface area contributed by atoms with Gasteiger partial charge in [-0.15, -0.1) is 0 Å². The van der Waals surface area contributed by atoms with Gasteiger partial charge in [0.1, 0.15) is 12.4 Å². The maximum atomic E-state index is 5.80. The number of benzene rings is 1. The van der Waals surface area contributed by atoms with Crippen molar-refractivity contribution in [2.24, 2.45) is 0 Å². The zero-order valence-electron chi connectivity index (χ0n) is 12.0. The van der Waals surface area contributed by atoms with Crippen molar-refractivity contribution in [1.82, 2.24) is 0 Å². The molecule has 1 rings (SSSR count). The number of anilines is 1. The predicted molar refractivity (Wildman–Crippen MR) is 82.3 cm³/mol. The SMILES string of the molecule is COCCOCCOCCOc1cc(C)c(N)cc1Br. The summed E-state index contributed by atoms with van der Waals surface area (Å²) in [6.07, 6.45) is 0. The van der Waals surface area contributed by atoms with E-state index in [1.54, 1.807) is 7.11 Å². The third-order valence-electron chi connectivity index (χ3n) is 2.61. The van der Waals surface area contributed by atoms with Gasteiger partial charge in [0.05, 0.1) is 37.5 Å². The maximum Gasteiger partial charge on any atom is 0.134 e. The van der Waals surface area contributed by atoms with Gasteiger partial charge >= 0.3 is 0 Å². The molecule has 20 heavy (non-hydrogen) atoms. The van der Waals surface area contributed by atoms with Gasteiger partial charge in [0.25, 0.3) is 0 Å². The van der Waals surface area contributed by atoms with Crippen molar-refractivity contribution in [2.45, 2.75) is 6.92 Å². The fourth-order valence-corrected chi connectivity index (χ4v) is 1.93. The van der Waals surface area contributed by atoms with Crippen LogP contribution in [0, 0.1) is 6.92 Å².